The number of halogens is 4. The highest BCUT2D eigenvalue weighted by Gasteiger charge is 2.43. The molecule has 0 aromatic rings. The summed E-state index contributed by atoms with van der Waals surface area (Å²) in [5.74, 6) is 2.32. The van der Waals surface area contributed by atoms with Crippen molar-refractivity contribution < 1.29 is 13.2 Å². The minimum Gasteiger partial charge on any atom is -0.160 e. The van der Waals surface area contributed by atoms with Crippen LogP contribution in [-0.4, -0.2) is 22.2 Å². The van der Waals surface area contributed by atoms with Gasteiger partial charge in [0.1, 0.15) is 0 Å². The summed E-state index contributed by atoms with van der Waals surface area (Å²) < 4.78 is 39.6. The van der Waals surface area contributed by atoms with Gasteiger partial charge in [-0.3, -0.25) is 0 Å². The van der Waals surface area contributed by atoms with Crippen molar-refractivity contribution in [1.29, 1.82) is 0 Å². The molecule has 0 atom stereocenters. The van der Waals surface area contributed by atoms with Crippen molar-refractivity contribution in [3.05, 3.63) is 17.7 Å². The van der Waals surface area contributed by atoms with Gasteiger partial charge in [-0.1, -0.05) is 22.6 Å². The molecule has 0 amide bonds. The van der Waals surface area contributed by atoms with Crippen LogP contribution in [-0.2, 0) is 0 Å². The highest BCUT2D eigenvalue weighted by molar-refractivity contribution is 14.1. The maximum absolute atomic E-state index is 11.9. The Morgan fingerprint density at radius 2 is 2.08 bits per heavy atom. The Hall–Kier alpha value is -0.510. The van der Waals surface area contributed by atoms with Gasteiger partial charge in [0.05, 0.1) is 5.57 Å². The van der Waals surface area contributed by atoms with Crippen LogP contribution in [0.25, 0.3) is 0 Å². The van der Waals surface area contributed by atoms with E-state index in [1.54, 1.807) is 0 Å². The molecule has 1 aliphatic rings. The molecule has 0 bridgehead atoms. The second-order valence-electron chi connectivity index (χ2n) is 2.10. The van der Waals surface area contributed by atoms with E-state index in [1.807, 2.05) is 22.6 Å². The molecule has 0 N–H and O–H groups in total. The first kappa shape index (κ1) is 9.58. The van der Waals surface area contributed by atoms with Gasteiger partial charge < -0.3 is 0 Å². The first-order chi connectivity index (χ1) is 5.54. The van der Waals surface area contributed by atoms with Gasteiger partial charge in [0.2, 0.25) is 0 Å². The molecule has 0 radical (unpaired) electrons. The number of rotatable bonds is 1. The molecule has 1 aliphatic heterocycles. The van der Waals surface area contributed by atoms with Crippen LogP contribution in [0.3, 0.4) is 0 Å². The minimum atomic E-state index is -4.36. The molecule has 64 valence electrons. The van der Waals surface area contributed by atoms with Gasteiger partial charge >= 0.3 is 17.8 Å². The molecule has 1 nitrogen and oxygen atoms in total. The summed E-state index contributed by atoms with van der Waals surface area (Å²) >= 11 is 2.03. The Balaban J connectivity index is 3.07. The zero-order valence-corrected chi connectivity index (χ0v) is 7.98. The molecule has 0 saturated carbocycles. The zero-order chi connectivity index (χ0) is 9.19. The van der Waals surface area contributed by atoms with Crippen LogP contribution in [0.5, 0.6) is 0 Å². The lowest BCUT2D eigenvalue weighted by Crippen LogP contribution is -2.24. The van der Waals surface area contributed by atoms with E-state index in [-0.39, 0.29) is 0 Å². The van der Waals surface area contributed by atoms with Crippen LogP contribution in [0.4, 0.5) is 13.2 Å². The average molecular weight is 286 g/mol. The minimum absolute atomic E-state index is 0.614. The van der Waals surface area contributed by atoms with E-state index >= 15 is 0 Å². The van der Waals surface area contributed by atoms with Crippen LogP contribution in [0, 0.1) is 0 Å². The van der Waals surface area contributed by atoms with Gasteiger partial charge in [0.15, 0.2) is 0 Å². The van der Waals surface area contributed by atoms with Crippen LogP contribution in [0.15, 0.2) is 17.7 Å². The normalized spacial score (nSPS) is 16.0. The fourth-order valence-electron chi connectivity index (χ4n) is 0.618. The molecule has 1 heterocycles. The molecule has 1 rings (SSSR count). The van der Waals surface area contributed by atoms with E-state index < -0.39 is 11.9 Å². The molecule has 0 aromatic heterocycles. The first-order valence-electron chi connectivity index (χ1n) is 3.05. The molecular formula is C7H4F3IN+. The number of hydrogen-bond acceptors (Lipinski definition) is 0. The van der Waals surface area contributed by atoms with Crippen molar-refractivity contribution in [1.82, 2.24) is 4.67 Å². The van der Waals surface area contributed by atoms with Crippen molar-refractivity contribution in [3.8, 4) is 0 Å². The summed E-state index contributed by atoms with van der Waals surface area (Å²) in [5, 5.41) is 0. The summed E-state index contributed by atoms with van der Waals surface area (Å²) in [6.07, 6.45) is -2.02. The fourth-order valence-corrected chi connectivity index (χ4v) is 1.04. The second kappa shape index (κ2) is 3.47. The third-order valence-corrected chi connectivity index (χ3v) is 2.02. The Kier molecular flexibility index (Phi) is 2.77. The lowest BCUT2D eigenvalue weighted by molar-refractivity contribution is -0.0578. The third-order valence-electron chi connectivity index (χ3n) is 1.20. The van der Waals surface area contributed by atoms with Crippen LogP contribution < -0.4 is 4.67 Å². The fraction of sp³-hybridized carbons (Fsp3) is 0.286. The quantitative estimate of drug-likeness (QED) is 0.395. The van der Waals surface area contributed by atoms with Crippen LogP contribution in [0.1, 0.15) is 0 Å². The third kappa shape index (κ3) is 2.24. The van der Waals surface area contributed by atoms with Crippen LogP contribution in [0.2, 0.25) is 0 Å². The molecule has 12 heavy (non-hydrogen) atoms. The smallest absolute Gasteiger partial charge is 0.160 e. The summed E-state index contributed by atoms with van der Waals surface area (Å²) in [7, 11) is 0. The highest BCUT2D eigenvalue weighted by Crippen LogP contribution is 2.17. The van der Waals surface area contributed by atoms with E-state index in [1.165, 1.54) is 6.08 Å². The second-order valence-corrected chi connectivity index (χ2v) is 2.86. The number of allylic oxidation sites excluding steroid dienone is 3. The number of alkyl halides is 4. The van der Waals surface area contributed by atoms with Crippen molar-refractivity contribution in [2.75, 3.05) is 4.43 Å². The monoisotopic (exact) mass is 286 g/mol. The predicted octanol–water partition coefficient (Wildman–Crippen LogP) is 1.66. The van der Waals surface area contributed by atoms with Gasteiger partial charge in [-0.2, -0.15) is 13.2 Å². The summed E-state index contributed by atoms with van der Waals surface area (Å²) in [5.41, 5.74) is -0.222. The molecule has 0 aliphatic carbocycles. The summed E-state index contributed by atoms with van der Waals surface area (Å²) in [4.78, 5) is 0. The summed E-state index contributed by atoms with van der Waals surface area (Å²) in [6.45, 7) is 0. The predicted molar refractivity (Wildman–Crippen MR) is 49.7 cm³/mol. The topological polar surface area (TPSA) is 14.1 Å². The maximum Gasteiger partial charge on any atom is 0.496 e. The van der Waals surface area contributed by atoms with E-state index in [0.29, 0.717) is 10.0 Å². The zero-order valence-electron chi connectivity index (χ0n) is 5.82. The molecule has 0 fully saturated rings. The van der Waals surface area contributed by atoms with Crippen molar-refractivity contribution >= 4 is 34.2 Å². The first-order valence-corrected chi connectivity index (χ1v) is 4.57. The van der Waals surface area contributed by atoms with Gasteiger partial charge in [-0.05, 0) is 10.7 Å². The van der Waals surface area contributed by atoms with Gasteiger partial charge in [-0.15, -0.1) is 0 Å². The lowest BCUT2D eigenvalue weighted by atomic mass is 10.2. The van der Waals surface area contributed by atoms with E-state index in [4.69, 9.17) is 0 Å². The van der Waals surface area contributed by atoms with Crippen molar-refractivity contribution in [2.24, 2.45) is 0 Å². The van der Waals surface area contributed by atoms with Crippen LogP contribution >= 0.6 is 22.6 Å². The van der Waals surface area contributed by atoms with Gasteiger partial charge in [0, 0.05) is 10.5 Å². The van der Waals surface area contributed by atoms with Gasteiger partial charge in [-0.25, -0.2) is 0 Å². The Morgan fingerprint density at radius 1 is 1.42 bits per heavy atom. The molecule has 0 unspecified atom stereocenters. The Bertz CT molecular complexity index is 314. The standard InChI is InChI=1S/C7H4F3IN/c8-7(9,10)6-2-1-5(3-11)4-12-6/h1-2H,3H2/q+1. The largest absolute Gasteiger partial charge is 0.496 e. The number of hydrogen-bond donors (Lipinski definition) is 0. The molecule has 0 spiro atoms. The molecule has 0 saturated heterocycles. The average Bonchev–Trinajstić information content (AvgIpc) is 2.03. The van der Waals surface area contributed by atoms with Crippen molar-refractivity contribution in [3.63, 3.8) is 0 Å². The SMILES string of the molecule is FC(F)(F)C1=[N+]=C=C(CI)C=C1. The molecule has 0 aromatic carbocycles. The summed E-state index contributed by atoms with van der Waals surface area (Å²) in [6, 6.07) is 0. The van der Waals surface area contributed by atoms with E-state index in [2.05, 4.69) is 10.5 Å². The van der Waals surface area contributed by atoms with E-state index in [9.17, 15) is 13.2 Å². The maximum atomic E-state index is 11.9. The lowest BCUT2D eigenvalue weighted by Gasteiger charge is -1.95. The number of nitrogens with zero attached hydrogens (tertiary/aromatic N) is 1. The van der Waals surface area contributed by atoms with Gasteiger partial charge in [0.25, 0.3) is 0 Å². The Morgan fingerprint density at radius 3 is 2.42 bits per heavy atom. The van der Waals surface area contributed by atoms with Crippen molar-refractivity contribution in [2.45, 2.75) is 6.18 Å². The molecular weight excluding hydrogens is 282 g/mol. The molecule has 5 heteroatoms. The van der Waals surface area contributed by atoms with E-state index in [0.717, 1.165) is 6.08 Å². The Labute approximate surface area is 80.5 Å². The highest BCUT2D eigenvalue weighted by atomic mass is 127.